The number of carboxylic acids is 1. The van der Waals surface area contributed by atoms with Crippen LogP contribution in [0.1, 0.15) is 72.1 Å². The standard InChI is InChI=1S/C25H36N2O6/c1-15(28)25(32)11-8-20-18-5-4-16-12-17(27-33-14-21(29)26-13-22(30)31)6-9-23(16,2)19(18)7-10-24(20,25)3/h12,18-20,32H,4-11,13-14H2,1-3H3,(H,26,29)(H,30,31)/b27-17-/t18-,19+,20+,23+,24-,25+/m0/s1. The van der Waals surface area contributed by atoms with E-state index in [1.54, 1.807) is 6.92 Å². The minimum Gasteiger partial charge on any atom is -0.480 e. The van der Waals surface area contributed by atoms with Crippen LogP contribution in [0.4, 0.5) is 0 Å². The molecular formula is C25H36N2O6. The molecule has 3 N–H and O–H groups in total. The molecule has 33 heavy (non-hydrogen) atoms. The molecule has 1 amide bonds. The van der Waals surface area contributed by atoms with Crippen LogP contribution >= 0.6 is 0 Å². The normalized spacial score (nSPS) is 40.8. The van der Waals surface area contributed by atoms with Gasteiger partial charge in [0, 0.05) is 5.41 Å². The number of hydrogen-bond donors (Lipinski definition) is 3. The maximum Gasteiger partial charge on any atom is 0.322 e. The largest absolute Gasteiger partial charge is 0.480 e. The molecule has 6 atom stereocenters. The van der Waals surface area contributed by atoms with Gasteiger partial charge in [-0.25, -0.2) is 0 Å². The molecule has 0 aromatic rings. The van der Waals surface area contributed by atoms with Gasteiger partial charge < -0.3 is 20.4 Å². The quantitative estimate of drug-likeness (QED) is 0.524. The van der Waals surface area contributed by atoms with Crippen LogP contribution in [0.15, 0.2) is 16.8 Å². The predicted molar refractivity (Wildman–Crippen MR) is 121 cm³/mol. The number of hydrogen-bond acceptors (Lipinski definition) is 6. The monoisotopic (exact) mass is 460 g/mol. The van der Waals surface area contributed by atoms with Crippen LogP contribution in [0.2, 0.25) is 0 Å². The predicted octanol–water partition coefficient (Wildman–Crippen LogP) is 2.84. The number of oxime groups is 1. The van der Waals surface area contributed by atoms with Crippen LogP contribution < -0.4 is 5.32 Å². The molecule has 4 aliphatic rings. The number of aliphatic hydroxyl groups is 1. The van der Waals surface area contributed by atoms with Crippen LogP contribution in [0.25, 0.3) is 0 Å². The zero-order chi connectivity index (χ0) is 24.0. The minimum absolute atomic E-state index is 0.0799. The van der Waals surface area contributed by atoms with Crippen molar-refractivity contribution in [1.29, 1.82) is 0 Å². The average molecular weight is 461 g/mol. The summed E-state index contributed by atoms with van der Waals surface area (Å²) >= 11 is 0. The van der Waals surface area contributed by atoms with Crippen LogP contribution in [-0.4, -0.2) is 52.3 Å². The van der Waals surface area contributed by atoms with Gasteiger partial charge in [-0.15, -0.1) is 0 Å². The van der Waals surface area contributed by atoms with Crippen molar-refractivity contribution >= 4 is 23.4 Å². The summed E-state index contributed by atoms with van der Waals surface area (Å²) in [6.07, 6.45) is 9.30. The molecule has 0 aliphatic heterocycles. The maximum atomic E-state index is 12.4. The fourth-order valence-electron chi connectivity index (χ4n) is 7.64. The molecule has 4 rings (SSSR count). The zero-order valence-corrected chi connectivity index (χ0v) is 19.9. The van der Waals surface area contributed by atoms with Crippen LogP contribution in [0, 0.1) is 28.6 Å². The topological polar surface area (TPSA) is 125 Å². The molecule has 0 aromatic carbocycles. The highest BCUT2D eigenvalue weighted by molar-refractivity contribution is 5.96. The van der Waals surface area contributed by atoms with Crippen molar-refractivity contribution in [3.8, 4) is 0 Å². The molecule has 182 valence electrons. The number of ketones is 1. The van der Waals surface area contributed by atoms with Crippen molar-refractivity contribution in [1.82, 2.24) is 5.32 Å². The van der Waals surface area contributed by atoms with Crippen molar-refractivity contribution < 1.29 is 29.4 Å². The van der Waals surface area contributed by atoms with Gasteiger partial charge in [-0.1, -0.05) is 24.6 Å². The lowest BCUT2D eigenvalue weighted by Crippen LogP contribution is -2.57. The summed E-state index contributed by atoms with van der Waals surface area (Å²) < 4.78 is 0. The third-order valence-electron chi connectivity index (χ3n) is 9.53. The number of allylic oxidation sites excluding steroid dienone is 2. The summed E-state index contributed by atoms with van der Waals surface area (Å²) in [5.41, 5.74) is 0.781. The van der Waals surface area contributed by atoms with E-state index in [0.29, 0.717) is 24.2 Å². The van der Waals surface area contributed by atoms with Crippen molar-refractivity contribution in [2.24, 2.45) is 33.7 Å². The second-order valence-electron chi connectivity index (χ2n) is 10.9. The highest BCUT2D eigenvalue weighted by Gasteiger charge is 2.65. The molecule has 4 aliphatic carbocycles. The number of carbonyl (C=O) groups is 3. The van der Waals surface area contributed by atoms with Crippen molar-refractivity contribution in [3.05, 3.63) is 11.6 Å². The molecule has 0 aromatic heterocycles. The Morgan fingerprint density at radius 2 is 1.85 bits per heavy atom. The first-order valence-corrected chi connectivity index (χ1v) is 12.1. The number of rotatable bonds is 6. The van der Waals surface area contributed by atoms with Gasteiger partial charge in [0.25, 0.3) is 5.91 Å². The molecule has 0 radical (unpaired) electrons. The van der Waals surface area contributed by atoms with Crippen LogP contribution in [-0.2, 0) is 19.2 Å². The summed E-state index contributed by atoms with van der Waals surface area (Å²) in [6, 6.07) is 0. The Morgan fingerprint density at radius 3 is 2.55 bits per heavy atom. The third kappa shape index (κ3) is 3.90. The number of carboxylic acid groups (broad SMARTS) is 1. The van der Waals surface area contributed by atoms with E-state index < -0.39 is 24.0 Å². The van der Waals surface area contributed by atoms with Gasteiger partial charge in [0.05, 0.1) is 5.71 Å². The number of amides is 1. The Labute approximate surface area is 194 Å². The fraction of sp³-hybridized carbons (Fsp3) is 0.760. The number of nitrogens with zero attached hydrogens (tertiary/aromatic N) is 1. The first-order valence-electron chi connectivity index (χ1n) is 12.1. The number of nitrogens with one attached hydrogen (secondary N) is 1. The third-order valence-corrected chi connectivity index (χ3v) is 9.53. The Kier molecular flexibility index (Phi) is 6.18. The second-order valence-corrected chi connectivity index (χ2v) is 10.9. The first kappa shape index (κ1) is 23.9. The van der Waals surface area contributed by atoms with E-state index in [9.17, 15) is 19.5 Å². The van der Waals surface area contributed by atoms with E-state index >= 15 is 0 Å². The van der Waals surface area contributed by atoms with E-state index in [4.69, 9.17) is 9.94 Å². The summed E-state index contributed by atoms with van der Waals surface area (Å²) in [5, 5.41) is 26.3. The molecule has 3 saturated carbocycles. The molecule has 8 heteroatoms. The van der Waals surface area contributed by atoms with Gasteiger partial charge >= 0.3 is 5.97 Å². The van der Waals surface area contributed by atoms with Gasteiger partial charge in [-0.3, -0.25) is 14.4 Å². The van der Waals surface area contributed by atoms with E-state index in [2.05, 4.69) is 30.4 Å². The molecule has 0 spiro atoms. The fourth-order valence-corrected chi connectivity index (χ4v) is 7.64. The summed E-state index contributed by atoms with van der Waals surface area (Å²) in [6.45, 7) is 5.31. The highest BCUT2D eigenvalue weighted by atomic mass is 16.6. The molecule has 0 heterocycles. The zero-order valence-electron chi connectivity index (χ0n) is 19.9. The Hall–Kier alpha value is -2.22. The Bertz CT molecular complexity index is 913. The smallest absolute Gasteiger partial charge is 0.322 e. The summed E-state index contributed by atoms with van der Waals surface area (Å²) in [5.74, 6) is -0.257. The van der Waals surface area contributed by atoms with E-state index in [1.165, 1.54) is 5.57 Å². The molecular weight excluding hydrogens is 424 g/mol. The maximum absolute atomic E-state index is 12.4. The Morgan fingerprint density at radius 1 is 1.12 bits per heavy atom. The highest BCUT2D eigenvalue weighted by Crippen LogP contribution is 2.67. The molecule has 0 unspecified atom stereocenters. The molecule has 0 bridgehead atoms. The van der Waals surface area contributed by atoms with Gasteiger partial charge in [-0.2, -0.15) is 0 Å². The summed E-state index contributed by atoms with van der Waals surface area (Å²) in [7, 11) is 0. The van der Waals surface area contributed by atoms with Crippen LogP contribution in [0.5, 0.6) is 0 Å². The summed E-state index contributed by atoms with van der Waals surface area (Å²) in [4.78, 5) is 39.7. The lowest BCUT2D eigenvalue weighted by atomic mass is 9.46. The van der Waals surface area contributed by atoms with Gasteiger partial charge in [0.15, 0.2) is 12.4 Å². The SMILES string of the molecule is CC(=O)[C@]1(O)CC[C@@H]2[C@H]3CCC4=C/C(=N\OCC(=O)NCC(=O)O)CC[C@@]4(C)[C@@H]3CC[C@@]21C. The van der Waals surface area contributed by atoms with E-state index in [-0.39, 0.29) is 23.2 Å². The molecule has 8 nitrogen and oxygen atoms in total. The van der Waals surface area contributed by atoms with E-state index in [0.717, 1.165) is 50.7 Å². The van der Waals surface area contributed by atoms with Gasteiger partial charge in [0.1, 0.15) is 12.1 Å². The minimum atomic E-state index is -1.18. The number of aliphatic carboxylic acids is 1. The lowest BCUT2D eigenvalue weighted by molar-refractivity contribution is -0.159. The Balaban J connectivity index is 1.45. The van der Waals surface area contributed by atoms with Gasteiger partial charge in [-0.05, 0) is 87.5 Å². The van der Waals surface area contributed by atoms with Crippen molar-refractivity contribution in [2.45, 2.75) is 77.7 Å². The lowest BCUT2D eigenvalue weighted by Gasteiger charge is -2.59. The molecule has 3 fully saturated rings. The van der Waals surface area contributed by atoms with Crippen molar-refractivity contribution in [3.63, 3.8) is 0 Å². The van der Waals surface area contributed by atoms with Crippen LogP contribution in [0.3, 0.4) is 0 Å². The van der Waals surface area contributed by atoms with Gasteiger partial charge in [0.2, 0.25) is 0 Å². The number of fused-ring (bicyclic) bond motifs is 5. The average Bonchev–Trinajstić information content (AvgIpc) is 3.04. The van der Waals surface area contributed by atoms with Crippen molar-refractivity contribution in [2.75, 3.05) is 13.2 Å². The van der Waals surface area contributed by atoms with E-state index in [1.807, 2.05) is 0 Å². The second kappa shape index (κ2) is 8.53. The number of Topliss-reactive ketones (excluding diaryl/α,β-unsaturated/α-hetero) is 1. The molecule has 0 saturated heterocycles. The number of carbonyl (C=O) groups excluding carboxylic acids is 2. The first-order chi connectivity index (χ1) is 15.5.